The zero-order chi connectivity index (χ0) is 37.5. The lowest BCUT2D eigenvalue weighted by Crippen LogP contribution is -2.01. The van der Waals surface area contributed by atoms with Gasteiger partial charge in [0.1, 0.15) is 0 Å². The van der Waals surface area contributed by atoms with Gasteiger partial charge < -0.3 is 9.13 Å². The summed E-state index contributed by atoms with van der Waals surface area (Å²) in [6.07, 6.45) is 0. The Labute approximate surface area is 331 Å². The molecule has 0 amide bonds. The molecule has 0 spiro atoms. The van der Waals surface area contributed by atoms with Crippen molar-refractivity contribution in [1.82, 2.24) is 24.1 Å². The minimum Gasteiger partial charge on any atom is -0.309 e. The molecule has 0 aliphatic rings. The summed E-state index contributed by atoms with van der Waals surface area (Å²) in [5.74, 6) is 1.93. The van der Waals surface area contributed by atoms with Crippen LogP contribution in [0.3, 0.4) is 0 Å². The van der Waals surface area contributed by atoms with E-state index in [4.69, 9.17) is 15.0 Å². The van der Waals surface area contributed by atoms with Gasteiger partial charge in [-0.2, -0.15) is 0 Å². The van der Waals surface area contributed by atoms with Gasteiger partial charge in [-0.05, 0) is 42.5 Å². The van der Waals surface area contributed by atoms with Crippen molar-refractivity contribution in [3.63, 3.8) is 0 Å². The number of aromatic nitrogens is 5. The van der Waals surface area contributed by atoms with Crippen LogP contribution in [0, 0.1) is 0 Å². The SMILES string of the molecule is c1ccc(-c2nc(-c3ccccc3)nc(-c3cccc(-n4c5ccccc5c5ccc6c7ccc(-n8c9ccccc9c9ccccc98)cc7sc6c54)c3)n2)cc1. The van der Waals surface area contributed by atoms with Crippen LogP contribution in [0.5, 0.6) is 0 Å². The lowest BCUT2D eigenvalue weighted by Gasteiger charge is -2.12. The average Bonchev–Trinajstić information content (AvgIpc) is 3.94. The molecular formula is C51H31N5S. The summed E-state index contributed by atoms with van der Waals surface area (Å²) in [4.78, 5) is 15.1. The molecule has 12 rings (SSSR count). The first-order chi connectivity index (χ1) is 28.3. The second kappa shape index (κ2) is 12.6. The molecule has 0 aliphatic heterocycles. The van der Waals surface area contributed by atoms with Crippen molar-refractivity contribution in [2.24, 2.45) is 0 Å². The number of para-hydroxylation sites is 3. The molecule has 4 heterocycles. The maximum absolute atomic E-state index is 5.06. The summed E-state index contributed by atoms with van der Waals surface area (Å²) >= 11 is 1.87. The molecule has 0 unspecified atom stereocenters. The van der Waals surface area contributed by atoms with Gasteiger partial charge in [0.2, 0.25) is 0 Å². The Morgan fingerprint density at radius 1 is 0.333 bits per heavy atom. The van der Waals surface area contributed by atoms with Crippen LogP contribution in [0.25, 0.3) is 109 Å². The predicted octanol–water partition coefficient (Wildman–Crippen LogP) is 13.4. The van der Waals surface area contributed by atoms with E-state index in [1.807, 2.05) is 72.0 Å². The number of rotatable bonds is 5. The van der Waals surface area contributed by atoms with Gasteiger partial charge in [-0.25, -0.2) is 15.0 Å². The van der Waals surface area contributed by atoms with Crippen LogP contribution >= 0.6 is 11.3 Å². The Morgan fingerprint density at radius 2 is 0.807 bits per heavy atom. The highest BCUT2D eigenvalue weighted by molar-refractivity contribution is 7.26. The molecule has 0 fully saturated rings. The number of fused-ring (bicyclic) bond motifs is 10. The van der Waals surface area contributed by atoms with Gasteiger partial charge in [-0.1, -0.05) is 146 Å². The number of thiophene rings is 1. The first-order valence-corrected chi connectivity index (χ1v) is 19.9. The van der Waals surface area contributed by atoms with Crippen LogP contribution in [0.15, 0.2) is 188 Å². The molecule has 266 valence electrons. The summed E-state index contributed by atoms with van der Waals surface area (Å²) in [5.41, 5.74) is 9.83. The van der Waals surface area contributed by atoms with E-state index in [0.29, 0.717) is 17.5 Å². The maximum atomic E-state index is 5.06. The highest BCUT2D eigenvalue weighted by Gasteiger charge is 2.20. The predicted molar refractivity (Wildman–Crippen MR) is 238 cm³/mol. The van der Waals surface area contributed by atoms with Crippen molar-refractivity contribution in [3.8, 4) is 45.5 Å². The van der Waals surface area contributed by atoms with E-state index in [0.717, 1.165) is 33.6 Å². The molecule has 0 atom stereocenters. The minimum absolute atomic E-state index is 0.634. The van der Waals surface area contributed by atoms with Crippen molar-refractivity contribution in [2.75, 3.05) is 0 Å². The zero-order valence-corrected chi connectivity index (χ0v) is 31.4. The van der Waals surface area contributed by atoms with Crippen LogP contribution < -0.4 is 0 Å². The molecule has 0 saturated carbocycles. The quantitative estimate of drug-likeness (QED) is 0.176. The molecule has 0 bridgehead atoms. The molecule has 4 aromatic heterocycles. The van der Waals surface area contributed by atoms with E-state index in [1.54, 1.807) is 0 Å². The fourth-order valence-corrected chi connectivity index (χ4v) is 9.87. The topological polar surface area (TPSA) is 48.5 Å². The summed E-state index contributed by atoms with van der Waals surface area (Å²) < 4.78 is 7.35. The molecule has 0 N–H and O–H groups in total. The van der Waals surface area contributed by atoms with E-state index in [2.05, 4.69) is 137 Å². The molecule has 0 radical (unpaired) electrons. The average molecular weight is 746 g/mol. The molecule has 0 saturated heterocycles. The minimum atomic E-state index is 0.634. The third-order valence-electron chi connectivity index (χ3n) is 11.2. The molecule has 12 aromatic rings. The van der Waals surface area contributed by atoms with E-state index in [9.17, 15) is 0 Å². The van der Waals surface area contributed by atoms with Crippen LogP contribution in [-0.2, 0) is 0 Å². The van der Waals surface area contributed by atoms with Crippen molar-refractivity contribution in [3.05, 3.63) is 188 Å². The fraction of sp³-hybridized carbons (Fsp3) is 0. The number of nitrogens with zero attached hydrogens (tertiary/aromatic N) is 5. The molecule has 57 heavy (non-hydrogen) atoms. The Hall–Kier alpha value is -7.41. The third-order valence-corrected chi connectivity index (χ3v) is 12.3. The molecular weight excluding hydrogens is 715 g/mol. The Morgan fingerprint density at radius 3 is 1.44 bits per heavy atom. The van der Waals surface area contributed by atoms with E-state index >= 15 is 0 Å². The van der Waals surface area contributed by atoms with Crippen molar-refractivity contribution in [2.45, 2.75) is 0 Å². The van der Waals surface area contributed by atoms with E-state index in [1.165, 1.54) is 58.3 Å². The Balaban J connectivity index is 1.07. The van der Waals surface area contributed by atoms with Crippen molar-refractivity contribution in [1.29, 1.82) is 0 Å². The van der Waals surface area contributed by atoms with Crippen LogP contribution in [0.4, 0.5) is 0 Å². The first-order valence-electron chi connectivity index (χ1n) is 19.1. The van der Waals surface area contributed by atoms with Gasteiger partial charge in [0.25, 0.3) is 0 Å². The summed E-state index contributed by atoms with van der Waals surface area (Å²) in [5, 5.41) is 7.51. The number of benzene rings is 8. The van der Waals surface area contributed by atoms with E-state index in [-0.39, 0.29) is 0 Å². The highest BCUT2D eigenvalue weighted by atomic mass is 32.1. The smallest absolute Gasteiger partial charge is 0.164 e. The Kier molecular flexibility index (Phi) is 7.03. The number of hydrogen-bond donors (Lipinski definition) is 0. The zero-order valence-electron chi connectivity index (χ0n) is 30.5. The van der Waals surface area contributed by atoms with Crippen LogP contribution in [0.1, 0.15) is 0 Å². The van der Waals surface area contributed by atoms with Gasteiger partial charge in [0.05, 0.1) is 26.8 Å². The molecule has 5 nitrogen and oxygen atoms in total. The summed E-state index contributed by atoms with van der Waals surface area (Å²) in [7, 11) is 0. The number of hydrogen-bond acceptors (Lipinski definition) is 4. The van der Waals surface area contributed by atoms with Gasteiger partial charge in [-0.3, -0.25) is 0 Å². The standard InChI is InChI=1S/C51H31N5S/c1-3-14-32(15-4-1)49-52-50(33-16-5-2-6-17-33)54-51(53-49)34-18-13-19-35(30-34)56-45-25-12-9-22-39(45)41-28-29-42-40-27-26-36(31-46(40)57-48(42)47(41)56)55-43-23-10-7-20-37(43)38-21-8-11-24-44(38)55/h1-31H. The lowest BCUT2D eigenvalue weighted by molar-refractivity contribution is 1.07. The van der Waals surface area contributed by atoms with Gasteiger partial charge >= 0.3 is 0 Å². The summed E-state index contributed by atoms with van der Waals surface area (Å²) in [6.45, 7) is 0. The van der Waals surface area contributed by atoms with Crippen molar-refractivity contribution >= 4 is 75.1 Å². The summed E-state index contributed by atoms with van der Waals surface area (Å²) in [6, 6.07) is 66.6. The van der Waals surface area contributed by atoms with Gasteiger partial charge in [-0.15, -0.1) is 11.3 Å². The van der Waals surface area contributed by atoms with Crippen molar-refractivity contribution < 1.29 is 0 Å². The van der Waals surface area contributed by atoms with Gasteiger partial charge in [0.15, 0.2) is 17.5 Å². The molecule has 6 heteroatoms. The van der Waals surface area contributed by atoms with Crippen LogP contribution in [-0.4, -0.2) is 24.1 Å². The maximum Gasteiger partial charge on any atom is 0.164 e. The first kappa shape index (κ1) is 31.9. The fourth-order valence-electron chi connectivity index (χ4n) is 8.60. The normalized spacial score (nSPS) is 11.9. The van der Waals surface area contributed by atoms with Crippen LogP contribution in [0.2, 0.25) is 0 Å². The highest BCUT2D eigenvalue weighted by Crippen LogP contribution is 2.44. The largest absolute Gasteiger partial charge is 0.309 e. The van der Waals surface area contributed by atoms with Gasteiger partial charge in [0, 0.05) is 65.1 Å². The lowest BCUT2D eigenvalue weighted by atomic mass is 10.1. The Bertz CT molecular complexity index is 3410. The van der Waals surface area contributed by atoms with E-state index < -0.39 is 0 Å². The molecule has 8 aromatic carbocycles. The monoisotopic (exact) mass is 745 g/mol. The third kappa shape index (κ3) is 4.98. The second-order valence-electron chi connectivity index (χ2n) is 14.4. The molecule has 0 aliphatic carbocycles. The second-order valence-corrected chi connectivity index (χ2v) is 15.5.